The quantitative estimate of drug-likeness (QED) is 0.192. The first-order chi connectivity index (χ1) is 21.8. The largest absolute Gasteiger partial charge is 0.497 e. The number of aromatic nitrogens is 5. The molecule has 1 atom stereocenters. The smallest absolute Gasteiger partial charge is 0.217 e. The Morgan fingerprint density at radius 1 is 0.756 bits per heavy atom. The van der Waals surface area contributed by atoms with Gasteiger partial charge in [-0.2, -0.15) is 4.31 Å². The number of benzene rings is 3. The van der Waals surface area contributed by atoms with Crippen molar-refractivity contribution in [2.45, 2.75) is 25.7 Å². The summed E-state index contributed by atoms with van der Waals surface area (Å²) in [4.78, 5) is 4.55. The zero-order valence-electron chi connectivity index (χ0n) is 25.1. The molecule has 13 heteroatoms. The minimum absolute atomic E-state index is 0.0959. The number of methoxy groups -OCH3 is 3. The van der Waals surface area contributed by atoms with Gasteiger partial charge in [0.1, 0.15) is 29.0 Å². The normalized spacial score (nSPS) is 12.2. The Morgan fingerprint density at radius 3 is 1.78 bits per heavy atom. The van der Waals surface area contributed by atoms with Crippen molar-refractivity contribution in [2.75, 3.05) is 27.1 Å². The van der Waals surface area contributed by atoms with Crippen molar-refractivity contribution < 1.29 is 27.7 Å². The SMILES string of the molecule is COc1ccc(CN(Cc2ccc(OC)cc2)S(=O)(=O)CC(O)c2cccc(-c3nnnn3Cc3ccc(OC)cc3)n2)cc1. The van der Waals surface area contributed by atoms with Crippen LogP contribution in [-0.2, 0) is 29.7 Å². The van der Waals surface area contributed by atoms with Gasteiger partial charge in [-0.05, 0) is 75.6 Å². The highest BCUT2D eigenvalue weighted by molar-refractivity contribution is 7.89. The molecule has 0 fully saturated rings. The van der Waals surface area contributed by atoms with Crippen LogP contribution >= 0.6 is 0 Å². The van der Waals surface area contributed by atoms with E-state index in [0.717, 1.165) is 22.4 Å². The summed E-state index contributed by atoms with van der Waals surface area (Å²) >= 11 is 0. The van der Waals surface area contributed by atoms with E-state index in [1.54, 1.807) is 68.5 Å². The van der Waals surface area contributed by atoms with Crippen molar-refractivity contribution in [2.24, 2.45) is 0 Å². The predicted octanol–water partition coefficient (Wildman–Crippen LogP) is 3.87. The molecule has 1 N–H and O–H groups in total. The van der Waals surface area contributed by atoms with Crippen molar-refractivity contribution >= 4 is 10.0 Å². The van der Waals surface area contributed by atoms with E-state index < -0.39 is 21.9 Å². The number of nitrogens with zero attached hydrogens (tertiary/aromatic N) is 6. The molecule has 0 aliphatic heterocycles. The van der Waals surface area contributed by atoms with Gasteiger partial charge in [0.2, 0.25) is 15.8 Å². The topological polar surface area (TPSA) is 142 Å². The van der Waals surface area contributed by atoms with Crippen LogP contribution in [0.4, 0.5) is 0 Å². The summed E-state index contributed by atoms with van der Waals surface area (Å²) in [5, 5.41) is 23.2. The molecular weight excluding hydrogens is 596 g/mol. The number of sulfonamides is 1. The van der Waals surface area contributed by atoms with Crippen LogP contribution in [-0.4, -0.2) is 70.1 Å². The lowest BCUT2D eigenvalue weighted by molar-refractivity contribution is 0.194. The third kappa shape index (κ3) is 8.01. The molecule has 1 unspecified atom stereocenters. The van der Waals surface area contributed by atoms with Gasteiger partial charge >= 0.3 is 0 Å². The highest BCUT2D eigenvalue weighted by Crippen LogP contribution is 2.24. The van der Waals surface area contributed by atoms with Gasteiger partial charge in [-0.25, -0.2) is 18.1 Å². The van der Waals surface area contributed by atoms with Crippen LogP contribution in [0.2, 0.25) is 0 Å². The molecule has 5 aromatic rings. The molecule has 0 saturated carbocycles. The minimum Gasteiger partial charge on any atom is -0.497 e. The summed E-state index contributed by atoms with van der Waals surface area (Å²) < 4.78 is 46.3. The molecular formula is C32H34N6O6S. The van der Waals surface area contributed by atoms with E-state index in [0.29, 0.717) is 29.6 Å². The zero-order chi connectivity index (χ0) is 31.8. The Balaban J connectivity index is 1.36. The van der Waals surface area contributed by atoms with Crippen LogP contribution in [0, 0.1) is 0 Å². The lowest BCUT2D eigenvalue weighted by Crippen LogP contribution is -2.34. The van der Waals surface area contributed by atoms with Gasteiger partial charge in [0.25, 0.3) is 0 Å². The first-order valence-corrected chi connectivity index (χ1v) is 15.7. The van der Waals surface area contributed by atoms with E-state index in [-0.39, 0.29) is 18.8 Å². The minimum atomic E-state index is -3.99. The van der Waals surface area contributed by atoms with Crippen LogP contribution in [0.3, 0.4) is 0 Å². The maximum Gasteiger partial charge on any atom is 0.217 e. The van der Waals surface area contributed by atoms with Crippen LogP contribution < -0.4 is 14.2 Å². The van der Waals surface area contributed by atoms with Gasteiger partial charge < -0.3 is 19.3 Å². The number of rotatable bonds is 14. The highest BCUT2D eigenvalue weighted by Gasteiger charge is 2.28. The average molecular weight is 631 g/mol. The Bertz CT molecular complexity index is 1750. The van der Waals surface area contributed by atoms with Crippen molar-refractivity contribution in [1.82, 2.24) is 29.5 Å². The van der Waals surface area contributed by atoms with Gasteiger partial charge in [-0.3, -0.25) is 0 Å². The molecule has 12 nitrogen and oxygen atoms in total. The molecule has 0 aliphatic carbocycles. The van der Waals surface area contributed by atoms with Gasteiger partial charge in [0.05, 0.1) is 39.3 Å². The number of tetrazole rings is 1. The van der Waals surface area contributed by atoms with E-state index >= 15 is 0 Å². The van der Waals surface area contributed by atoms with E-state index in [4.69, 9.17) is 14.2 Å². The third-order valence-corrected chi connectivity index (χ3v) is 8.94. The van der Waals surface area contributed by atoms with Crippen molar-refractivity contribution in [3.8, 4) is 28.8 Å². The lowest BCUT2D eigenvalue weighted by Gasteiger charge is -2.24. The number of pyridine rings is 1. The van der Waals surface area contributed by atoms with Crippen molar-refractivity contribution in [1.29, 1.82) is 0 Å². The van der Waals surface area contributed by atoms with E-state index in [1.165, 1.54) is 4.31 Å². The molecule has 0 amide bonds. The summed E-state index contributed by atoms with van der Waals surface area (Å²) in [6.45, 7) is 0.568. The van der Waals surface area contributed by atoms with Gasteiger partial charge in [-0.1, -0.05) is 42.5 Å². The second-order valence-corrected chi connectivity index (χ2v) is 12.2. The monoisotopic (exact) mass is 630 g/mol. The van der Waals surface area contributed by atoms with Gasteiger partial charge in [0, 0.05) is 13.1 Å². The summed E-state index contributed by atoms with van der Waals surface area (Å²) in [5.41, 5.74) is 3.07. The summed E-state index contributed by atoms with van der Waals surface area (Å²) in [6.07, 6.45) is -1.41. The number of ether oxygens (including phenoxy) is 3. The number of hydrogen-bond donors (Lipinski definition) is 1. The van der Waals surface area contributed by atoms with Crippen LogP contribution in [0.25, 0.3) is 11.5 Å². The Hall–Kier alpha value is -4.85. The van der Waals surface area contributed by atoms with E-state index in [2.05, 4.69) is 20.5 Å². The van der Waals surface area contributed by atoms with Crippen LogP contribution in [0.5, 0.6) is 17.2 Å². The predicted molar refractivity (Wildman–Crippen MR) is 167 cm³/mol. The van der Waals surface area contributed by atoms with E-state index in [9.17, 15) is 13.5 Å². The first-order valence-electron chi connectivity index (χ1n) is 14.1. The van der Waals surface area contributed by atoms with Crippen LogP contribution in [0.1, 0.15) is 28.5 Å². The molecule has 45 heavy (non-hydrogen) atoms. The van der Waals surface area contributed by atoms with Gasteiger partial charge in [0.15, 0.2) is 0 Å². The standard InChI is InChI=1S/C32H34N6O6S/c1-42-26-13-7-23(8-14-26)19-37(20-24-9-15-27(43-2)16-10-24)45(40,41)22-31(39)29-5-4-6-30(33-29)32-34-35-36-38(32)21-25-11-17-28(44-3)18-12-25/h4-18,31,39H,19-22H2,1-3H3. The fourth-order valence-corrected chi connectivity index (χ4v) is 6.14. The average Bonchev–Trinajstić information content (AvgIpc) is 3.53. The highest BCUT2D eigenvalue weighted by atomic mass is 32.2. The third-order valence-electron chi connectivity index (χ3n) is 7.16. The number of aliphatic hydroxyl groups is 1. The summed E-state index contributed by atoms with van der Waals surface area (Å²) in [6, 6.07) is 26.9. The molecule has 0 bridgehead atoms. The molecule has 2 aromatic heterocycles. The molecule has 2 heterocycles. The second kappa shape index (κ2) is 14.3. The second-order valence-electron chi connectivity index (χ2n) is 10.2. The fourth-order valence-electron chi connectivity index (χ4n) is 4.67. The van der Waals surface area contributed by atoms with Gasteiger partial charge in [-0.15, -0.1) is 5.10 Å². The van der Waals surface area contributed by atoms with Crippen molar-refractivity contribution in [3.63, 3.8) is 0 Å². The maximum atomic E-state index is 13.8. The fraction of sp³-hybridized carbons (Fsp3) is 0.250. The van der Waals surface area contributed by atoms with E-state index in [1.807, 2.05) is 48.5 Å². The molecule has 0 radical (unpaired) electrons. The number of hydrogen-bond acceptors (Lipinski definition) is 10. The maximum absolute atomic E-state index is 13.8. The Morgan fingerprint density at radius 2 is 1.27 bits per heavy atom. The summed E-state index contributed by atoms with van der Waals surface area (Å²) in [7, 11) is 0.751. The summed E-state index contributed by atoms with van der Waals surface area (Å²) in [5.74, 6) is 1.87. The Kier molecular flexibility index (Phi) is 10.0. The molecule has 234 valence electrons. The van der Waals surface area contributed by atoms with Crippen molar-refractivity contribution in [3.05, 3.63) is 113 Å². The molecule has 0 saturated heterocycles. The number of aliphatic hydroxyl groups excluding tert-OH is 1. The van der Waals surface area contributed by atoms with Crippen LogP contribution in [0.15, 0.2) is 91.0 Å². The zero-order valence-corrected chi connectivity index (χ0v) is 26.0. The lowest BCUT2D eigenvalue weighted by atomic mass is 10.2. The molecule has 0 aliphatic rings. The first kappa shape index (κ1) is 31.6. The molecule has 5 rings (SSSR count). The Labute approximate surface area is 261 Å². The molecule has 0 spiro atoms. The molecule has 3 aromatic carbocycles.